The van der Waals surface area contributed by atoms with Crippen LogP contribution in [0.25, 0.3) is 20.4 Å². The molecule has 0 spiro atoms. The van der Waals surface area contributed by atoms with Crippen LogP contribution >= 0.6 is 22.7 Å². The van der Waals surface area contributed by atoms with Gasteiger partial charge in [-0.1, -0.05) is 35.6 Å². The predicted octanol–water partition coefficient (Wildman–Crippen LogP) is 1.82. The van der Waals surface area contributed by atoms with Gasteiger partial charge in [-0.3, -0.25) is 9.69 Å². The maximum absolute atomic E-state index is 13.4. The summed E-state index contributed by atoms with van der Waals surface area (Å²) < 4.78 is 2.13. The van der Waals surface area contributed by atoms with Crippen molar-refractivity contribution in [3.63, 3.8) is 0 Å². The molecule has 1 amide bonds. The Balaban J connectivity index is 0.00000240. The number of rotatable bonds is 6. The average molecular weight is 446 g/mol. The molecule has 8 heteroatoms. The van der Waals surface area contributed by atoms with Gasteiger partial charge >= 0.3 is 0 Å². The number of carbonyl (C=O) groups is 1. The van der Waals surface area contributed by atoms with Crippen LogP contribution in [0.15, 0.2) is 42.5 Å². The van der Waals surface area contributed by atoms with Crippen LogP contribution in [0.1, 0.15) is 21.8 Å². The molecule has 4 rings (SSSR count). The fourth-order valence-electron chi connectivity index (χ4n) is 3.10. The molecule has 2 heterocycles. The maximum atomic E-state index is 13.4. The molecule has 0 N–H and O–H groups in total. The van der Waals surface area contributed by atoms with Gasteiger partial charge in [0.25, 0.3) is 5.91 Å². The van der Waals surface area contributed by atoms with Gasteiger partial charge in [-0.2, -0.15) is 0 Å². The zero-order chi connectivity index (χ0) is 19.7. The first-order chi connectivity index (χ1) is 13.5. The number of aromatic nitrogens is 2. The summed E-state index contributed by atoms with van der Waals surface area (Å²) in [6.45, 7) is 3.58. The van der Waals surface area contributed by atoms with Crippen molar-refractivity contribution in [1.29, 1.82) is 0 Å². The molecule has 0 aliphatic rings. The molecule has 2 aromatic carbocycles. The summed E-state index contributed by atoms with van der Waals surface area (Å²) in [6.07, 6.45) is 0.874. The van der Waals surface area contributed by atoms with E-state index in [1.54, 1.807) is 16.2 Å². The summed E-state index contributed by atoms with van der Waals surface area (Å²) >= 11 is 3.01. The second-order valence-electron chi connectivity index (χ2n) is 7.02. The molecule has 0 bridgehead atoms. The first kappa shape index (κ1) is 21.6. The lowest BCUT2D eigenvalue weighted by atomic mass is 10.2. The molecular weight excluding hydrogens is 424 g/mol. The molecule has 5 nitrogen and oxygen atoms in total. The van der Waals surface area contributed by atoms with Crippen LogP contribution in [0, 0.1) is 6.92 Å². The minimum atomic E-state index is -0.0725. The van der Waals surface area contributed by atoms with E-state index >= 15 is 0 Å². The number of fused-ring (bicyclic) bond motifs is 2. The first-order valence-corrected chi connectivity index (χ1v) is 10.8. The molecule has 0 aliphatic carbocycles. The predicted molar refractivity (Wildman–Crippen MR) is 119 cm³/mol. The lowest BCUT2D eigenvalue weighted by Gasteiger charge is -2.19. The number of para-hydroxylation sites is 2. The van der Waals surface area contributed by atoms with E-state index in [0.29, 0.717) is 11.6 Å². The van der Waals surface area contributed by atoms with Crippen molar-refractivity contribution in [2.24, 2.45) is 0 Å². The van der Waals surface area contributed by atoms with Gasteiger partial charge in [0.15, 0.2) is 10.1 Å². The number of nitrogens with zero attached hydrogens (tertiary/aromatic N) is 4. The van der Waals surface area contributed by atoms with Gasteiger partial charge in [0.05, 0.1) is 20.4 Å². The summed E-state index contributed by atoms with van der Waals surface area (Å²) in [5.41, 5.74) is 2.96. The van der Waals surface area contributed by atoms with Crippen LogP contribution < -0.4 is 17.3 Å². The topological polar surface area (TPSA) is 49.3 Å². The molecule has 0 saturated heterocycles. The van der Waals surface area contributed by atoms with E-state index < -0.39 is 0 Å². The smallest absolute Gasteiger partial charge is 0.289 e. The van der Waals surface area contributed by atoms with E-state index in [9.17, 15) is 4.79 Å². The molecule has 152 valence electrons. The van der Waals surface area contributed by atoms with Gasteiger partial charge in [-0.15, -0.1) is 11.3 Å². The van der Waals surface area contributed by atoms with Gasteiger partial charge in [0.2, 0.25) is 0 Å². The number of carbonyl (C=O) groups excluding carboxylic acids is 1. The Hall–Kier alpha value is -2.06. The highest BCUT2D eigenvalue weighted by molar-refractivity contribution is 7.23. The SMILES string of the molecule is Cc1cccc2sc(N(CCCN(C)C)C(=O)c3nc4ccccc4s3)nc12.[Cl-]. The Morgan fingerprint density at radius 2 is 1.72 bits per heavy atom. The van der Waals surface area contributed by atoms with Crippen molar-refractivity contribution in [2.45, 2.75) is 13.3 Å². The normalized spacial score (nSPS) is 11.2. The molecule has 2 aromatic heterocycles. The maximum Gasteiger partial charge on any atom is 0.289 e. The van der Waals surface area contributed by atoms with E-state index in [2.05, 4.69) is 28.9 Å². The number of aryl methyl sites for hydroxylation is 1. The van der Waals surface area contributed by atoms with Crippen molar-refractivity contribution in [1.82, 2.24) is 14.9 Å². The van der Waals surface area contributed by atoms with Crippen molar-refractivity contribution in [3.8, 4) is 0 Å². The Morgan fingerprint density at radius 3 is 2.45 bits per heavy atom. The summed E-state index contributed by atoms with van der Waals surface area (Å²) in [5, 5.41) is 1.26. The number of hydrogen-bond donors (Lipinski definition) is 0. The molecule has 0 radical (unpaired) electrons. The number of hydrogen-bond acceptors (Lipinski definition) is 6. The Kier molecular flexibility index (Phi) is 6.85. The fourth-order valence-corrected chi connectivity index (χ4v) is 5.08. The number of thiazole rings is 2. The quantitative estimate of drug-likeness (QED) is 0.454. The lowest BCUT2D eigenvalue weighted by Crippen LogP contribution is -3.00. The van der Waals surface area contributed by atoms with Gasteiger partial charge < -0.3 is 17.3 Å². The summed E-state index contributed by atoms with van der Waals surface area (Å²) in [6, 6.07) is 14.0. The van der Waals surface area contributed by atoms with Crippen LogP contribution in [-0.4, -0.2) is 48.0 Å². The number of amides is 1. The monoisotopic (exact) mass is 445 g/mol. The van der Waals surface area contributed by atoms with Crippen molar-refractivity contribution >= 4 is 54.1 Å². The molecule has 0 saturated carbocycles. The van der Waals surface area contributed by atoms with Crippen LogP contribution in [0.3, 0.4) is 0 Å². The standard InChI is InChI=1S/C21H22N4OS2.ClH/c1-14-8-6-11-17-18(14)23-21(28-17)25(13-7-12-24(2)3)20(26)19-22-15-9-4-5-10-16(15)27-19;/h4-6,8-11H,7,12-13H2,1-3H3;1H/p-1. The summed E-state index contributed by atoms with van der Waals surface area (Å²) in [4.78, 5) is 26.7. The van der Waals surface area contributed by atoms with Crippen molar-refractivity contribution in [3.05, 3.63) is 53.0 Å². The van der Waals surface area contributed by atoms with E-state index in [-0.39, 0.29) is 18.3 Å². The molecule has 0 fully saturated rings. The fraction of sp³-hybridized carbons (Fsp3) is 0.286. The summed E-state index contributed by atoms with van der Waals surface area (Å²) in [5.74, 6) is -0.0725. The third-order valence-corrected chi connectivity index (χ3v) is 6.62. The third kappa shape index (κ3) is 4.59. The Bertz CT molecular complexity index is 1110. The van der Waals surface area contributed by atoms with E-state index in [0.717, 1.165) is 44.1 Å². The molecule has 4 aromatic rings. The molecule has 29 heavy (non-hydrogen) atoms. The second-order valence-corrected chi connectivity index (χ2v) is 9.06. The van der Waals surface area contributed by atoms with Crippen LogP contribution in [-0.2, 0) is 0 Å². The van der Waals surface area contributed by atoms with Gasteiger partial charge in [-0.25, -0.2) is 9.97 Å². The Labute approximate surface area is 184 Å². The summed E-state index contributed by atoms with van der Waals surface area (Å²) in [7, 11) is 4.08. The van der Waals surface area contributed by atoms with Crippen molar-refractivity contribution in [2.75, 3.05) is 32.1 Å². The number of benzene rings is 2. The van der Waals surface area contributed by atoms with Crippen LogP contribution in [0.4, 0.5) is 5.13 Å². The highest BCUT2D eigenvalue weighted by Gasteiger charge is 2.24. The molecule has 0 unspecified atom stereocenters. The molecule has 0 atom stereocenters. The first-order valence-electron chi connectivity index (χ1n) is 9.21. The van der Waals surface area contributed by atoms with Gasteiger partial charge in [0.1, 0.15) is 0 Å². The van der Waals surface area contributed by atoms with Crippen LogP contribution in [0.5, 0.6) is 0 Å². The lowest BCUT2D eigenvalue weighted by molar-refractivity contribution is -0.0000133. The molecule has 0 aliphatic heterocycles. The molecular formula is C21H22ClN4OS2-. The number of halogens is 1. The van der Waals surface area contributed by atoms with Gasteiger partial charge in [0, 0.05) is 6.54 Å². The zero-order valence-electron chi connectivity index (χ0n) is 16.6. The number of anilines is 1. The minimum Gasteiger partial charge on any atom is -1.00 e. The van der Waals surface area contributed by atoms with Gasteiger partial charge in [-0.05, 0) is 57.7 Å². The minimum absolute atomic E-state index is 0. The van der Waals surface area contributed by atoms with Crippen molar-refractivity contribution < 1.29 is 17.2 Å². The highest BCUT2D eigenvalue weighted by atomic mass is 35.5. The third-order valence-electron chi connectivity index (χ3n) is 4.55. The Morgan fingerprint density at radius 1 is 0.966 bits per heavy atom. The van der Waals surface area contributed by atoms with E-state index in [1.165, 1.54) is 11.3 Å². The second kappa shape index (κ2) is 9.17. The van der Waals surface area contributed by atoms with Crippen LogP contribution in [0.2, 0.25) is 0 Å². The zero-order valence-corrected chi connectivity index (χ0v) is 18.9. The largest absolute Gasteiger partial charge is 1.00 e. The van der Waals surface area contributed by atoms with E-state index in [1.807, 2.05) is 44.4 Å². The van der Waals surface area contributed by atoms with E-state index in [4.69, 9.17) is 4.98 Å². The highest BCUT2D eigenvalue weighted by Crippen LogP contribution is 2.32. The average Bonchev–Trinajstić information content (AvgIpc) is 3.29.